The van der Waals surface area contributed by atoms with Crippen LogP contribution in [0.4, 0.5) is 0 Å². The predicted molar refractivity (Wildman–Crippen MR) is 121 cm³/mol. The zero-order valence-corrected chi connectivity index (χ0v) is 19.3. The van der Waals surface area contributed by atoms with E-state index >= 15 is 0 Å². The molecule has 0 saturated heterocycles. The first-order valence-corrected chi connectivity index (χ1v) is 11.3. The van der Waals surface area contributed by atoms with Gasteiger partial charge in [0, 0.05) is 13.1 Å². The molecule has 1 aromatic carbocycles. The van der Waals surface area contributed by atoms with Crippen molar-refractivity contribution in [2.75, 3.05) is 40.6 Å². The minimum atomic E-state index is -0.504. The zero-order chi connectivity index (χ0) is 22.2. The molecule has 0 aliphatic carbocycles. The van der Waals surface area contributed by atoms with Gasteiger partial charge >= 0.3 is 11.9 Å². The number of unbranched alkanes of at least 4 members (excludes halogenated alkanes) is 6. The van der Waals surface area contributed by atoms with Gasteiger partial charge in [0.1, 0.15) is 13.5 Å². The normalized spacial score (nSPS) is 11.1. The molecule has 0 N–H and O–H groups in total. The predicted octanol–water partition coefficient (Wildman–Crippen LogP) is 4.94. The summed E-state index contributed by atoms with van der Waals surface area (Å²) >= 11 is 0. The van der Waals surface area contributed by atoms with Crippen LogP contribution in [-0.2, 0) is 9.47 Å². The fourth-order valence-corrected chi connectivity index (χ4v) is 3.08. The highest BCUT2D eigenvalue weighted by Gasteiger charge is 2.19. The highest BCUT2D eigenvalue weighted by Crippen LogP contribution is 2.13. The molecule has 0 amide bonds. The number of hydrogen-bond donors (Lipinski definition) is 0. The number of rotatable bonds is 16. The fraction of sp³-hybridized carbons (Fsp3) is 0.667. The molecule has 0 aromatic heterocycles. The maximum atomic E-state index is 12.5. The van der Waals surface area contributed by atoms with E-state index in [9.17, 15) is 9.59 Å². The summed E-state index contributed by atoms with van der Waals surface area (Å²) in [5.74, 6) is -1.01. The second kappa shape index (κ2) is 15.9. The van der Waals surface area contributed by atoms with Crippen molar-refractivity contribution in [3.8, 4) is 0 Å². The monoisotopic (exact) mass is 420 g/mol. The van der Waals surface area contributed by atoms with Gasteiger partial charge in [-0.3, -0.25) is 9.80 Å². The molecule has 1 aromatic rings. The molecule has 6 heteroatoms. The molecular weight excluding hydrogens is 380 g/mol. The van der Waals surface area contributed by atoms with Gasteiger partial charge in [-0.2, -0.15) is 0 Å². The Hall–Kier alpha value is -1.92. The van der Waals surface area contributed by atoms with Crippen LogP contribution in [0.3, 0.4) is 0 Å². The Labute approximate surface area is 182 Å². The van der Waals surface area contributed by atoms with Gasteiger partial charge in [-0.05, 0) is 39.1 Å². The third-order valence-electron chi connectivity index (χ3n) is 4.99. The van der Waals surface area contributed by atoms with Crippen LogP contribution in [-0.4, -0.2) is 62.4 Å². The number of esters is 2. The summed E-state index contributed by atoms with van der Waals surface area (Å²) in [4.78, 5) is 29.0. The highest BCUT2D eigenvalue weighted by atomic mass is 16.6. The van der Waals surface area contributed by atoms with Gasteiger partial charge in [0.05, 0.1) is 11.1 Å². The highest BCUT2D eigenvalue weighted by molar-refractivity contribution is 6.03. The molecule has 170 valence electrons. The van der Waals surface area contributed by atoms with E-state index in [0.717, 1.165) is 25.9 Å². The van der Waals surface area contributed by atoms with E-state index in [4.69, 9.17) is 9.47 Å². The lowest BCUT2D eigenvalue weighted by Gasteiger charge is -2.18. The van der Waals surface area contributed by atoms with Crippen molar-refractivity contribution < 1.29 is 19.1 Å². The Balaban J connectivity index is 2.49. The Morgan fingerprint density at radius 2 is 1.10 bits per heavy atom. The third kappa shape index (κ3) is 10.7. The van der Waals surface area contributed by atoms with E-state index in [1.54, 1.807) is 24.3 Å². The molecule has 0 bridgehead atoms. The summed E-state index contributed by atoms with van der Waals surface area (Å²) in [5, 5.41) is 0. The van der Waals surface area contributed by atoms with Crippen LogP contribution in [0.15, 0.2) is 24.3 Å². The van der Waals surface area contributed by atoms with E-state index in [2.05, 4.69) is 13.8 Å². The van der Waals surface area contributed by atoms with Crippen molar-refractivity contribution in [1.82, 2.24) is 9.80 Å². The van der Waals surface area contributed by atoms with Crippen molar-refractivity contribution in [2.24, 2.45) is 0 Å². The smallest absolute Gasteiger partial charge is 0.340 e. The van der Waals surface area contributed by atoms with Crippen molar-refractivity contribution in [3.05, 3.63) is 35.4 Å². The summed E-state index contributed by atoms with van der Waals surface area (Å²) in [6.45, 7) is 6.52. The number of ether oxygens (including phenoxy) is 2. The molecule has 0 radical (unpaired) electrons. The first kappa shape index (κ1) is 26.1. The van der Waals surface area contributed by atoms with E-state index in [-0.39, 0.29) is 24.6 Å². The Bertz CT molecular complexity index is 568. The van der Waals surface area contributed by atoms with Crippen LogP contribution >= 0.6 is 0 Å². The number of nitrogens with zero attached hydrogens (tertiary/aromatic N) is 2. The van der Waals surface area contributed by atoms with Gasteiger partial charge in [-0.15, -0.1) is 0 Å². The summed E-state index contributed by atoms with van der Waals surface area (Å²) in [6, 6.07) is 6.66. The molecule has 0 spiro atoms. The maximum Gasteiger partial charge on any atom is 0.340 e. The van der Waals surface area contributed by atoms with Gasteiger partial charge in [-0.1, -0.05) is 64.5 Å². The van der Waals surface area contributed by atoms with Crippen molar-refractivity contribution >= 4 is 11.9 Å². The molecule has 0 aliphatic heterocycles. The summed E-state index contributed by atoms with van der Waals surface area (Å²) in [5.41, 5.74) is 0.486. The lowest BCUT2D eigenvalue weighted by molar-refractivity contribution is 0.0226. The van der Waals surface area contributed by atoms with Crippen LogP contribution in [0.1, 0.15) is 85.9 Å². The zero-order valence-electron chi connectivity index (χ0n) is 19.3. The quantitative estimate of drug-likeness (QED) is 0.214. The molecule has 1 rings (SSSR count). The number of carbonyl (C=O) groups excluding carboxylic acids is 2. The number of hydrogen-bond acceptors (Lipinski definition) is 6. The second-order valence-electron chi connectivity index (χ2n) is 7.95. The van der Waals surface area contributed by atoms with Gasteiger partial charge in [0.25, 0.3) is 0 Å². The van der Waals surface area contributed by atoms with E-state index < -0.39 is 11.9 Å². The number of carbonyl (C=O) groups is 2. The van der Waals surface area contributed by atoms with Crippen LogP contribution < -0.4 is 0 Å². The Morgan fingerprint density at radius 3 is 1.47 bits per heavy atom. The van der Waals surface area contributed by atoms with Gasteiger partial charge in [-0.25, -0.2) is 9.59 Å². The molecular formula is C24H40N2O4. The first-order chi connectivity index (χ1) is 14.5. The first-order valence-electron chi connectivity index (χ1n) is 11.3. The molecule has 0 heterocycles. The standard InChI is InChI=1S/C24H40N2O4/c1-5-7-9-13-17-25(3)19-29-23(27)21-15-11-12-16-22(21)24(28)30-20-26(4)18-14-10-8-6-2/h11-12,15-16H,5-10,13-14,17-20H2,1-4H3. The average Bonchev–Trinajstić information content (AvgIpc) is 2.76. The summed E-state index contributed by atoms with van der Waals surface area (Å²) in [7, 11) is 3.85. The van der Waals surface area contributed by atoms with E-state index in [1.807, 2.05) is 23.9 Å². The van der Waals surface area contributed by atoms with Gasteiger partial charge in [0.2, 0.25) is 0 Å². The SMILES string of the molecule is CCCCCCN(C)COC(=O)c1ccccc1C(=O)OCN(C)CCCCCC. The minimum Gasteiger partial charge on any atom is -0.446 e. The molecule has 0 saturated carbocycles. The van der Waals surface area contributed by atoms with Crippen LogP contribution in [0.5, 0.6) is 0 Å². The Morgan fingerprint density at radius 1 is 0.700 bits per heavy atom. The molecule has 0 atom stereocenters. The van der Waals surface area contributed by atoms with Crippen molar-refractivity contribution in [2.45, 2.75) is 65.2 Å². The van der Waals surface area contributed by atoms with Crippen LogP contribution in [0.25, 0.3) is 0 Å². The average molecular weight is 421 g/mol. The fourth-order valence-electron chi connectivity index (χ4n) is 3.08. The maximum absolute atomic E-state index is 12.5. The molecule has 6 nitrogen and oxygen atoms in total. The largest absolute Gasteiger partial charge is 0.446 e. The van der Waals surface area contributed by atoms with Crippen LogP contribution in [0.2, 0.25) is 0 Å². The topological polar surface area (TPSA) is 59.1 Å². The Kier molecular flexibility index (Phi) is 13.8. The lowest BCUT2D eigenvalue weighted by Crippen LogP contribution is -2.27. The van der Waals surface area contributed by atoms with Gasteiger partial charge in [0.15, 0.2) is 0 Å². The van der Waals surface area contributed by atoms with Crippen LogP contribution in [0, 0.1) is 0 Å². The van der Waals surface area contributed by atoms with E-state index in [0.29, 0.717) is 0 Å². The van der Waals surface area contributed by atoms with E-state index in [1.165, 1.54) is 38.5 Å². The van der Waals surface area contributed by atoms with Gasteiger partial charge < -0.3 is 9.47 Å². The number of benzene rings is 1. The van der Waals surface area contributed by atoms with Crippen molar-refractivity contribution in [1.29, 1.82) is 0 Å². The molecule has 0 fully saturated rings. The van der Waals surface area contributed by atoms with Crippen molar-refractivity contribution in [3.63, 3.8) is 0 Å². The summed E-state index contributed by atoms with van der Waals surface area (Å²) in [6.07, 6.45) is 9.34. The summed E-state index contributed by atoms with van der Waals surface area (Å²) < 4.78 is 10.8. The molecule has 0 aliphatic rings. The molecule has 0 unspecified atom stereocenters. The third-order valence-corrected chi connectivity index (χ3v) is 4.99. The lowest BCUT2D eigenvalue weighted by atomic mass is 10.1. The molecule has 30 heavy (non-hydrogen) atoms. The second-order valence-corrected chi connectivity index (χ2v) is 7.95. The minimum absolute atomic E-state index is 0.203.